The number of carboxylic acids is 2. The molecule has 5 aromatic heterocycles. The van der Waals surface area contributed by atoms with Crippen LogP contribution >= 0.6 is 0 Å². The Labute approximate surface area is 624 Å². The summed E-state index contributed by atoms with van der Waals surface area (Å²) < 4.78 is 34.6. The second kappa shape index (κ2) is 53.1. The molecule has 3 fully saturated rings. The third-order valence-corrected chi connectivity index (χ3v) is 15.8. The summed E-state index contributed by atoms with van der Waals surface area (Å²) in [5.74, 6) is -5.53. The molecule has 33 heteroatoms. The number of carbonyl (C=O) groups is 10. The van der Waals surface area contributed by atoms with Gasteiger partial charge in [0.25, 0.3) is 11.8 Å². The summed E-state index contributed by atoms with van der Waals surface area (Å²) in [5.41, 5.74) is 1.62. The second-order valence-corrected chi connectivity index (χ2v) is 22.8. The van der Waals surface area contributed by atoms with E-state index in [1.807, 2.05) is 30.6 Å². The maximum atomic E-state index is 13.0. The van der Waals surface area contributed by atoms with E-state index in [0.29, 0.717) is 50.2 Å². The molecule has 0 aliphatic carbocycles. The van der Waals surface area contributed by atoms with Gasteiger partial charge in [-0.3, -0.25) is 33.4 Å². The Hall–Kier alpha value is -8.73. The van der Waals surface area contributed by atoms with Crippen LogP contribution < -0.4 is 24.2 Å². The van der Waals surface area contributed by atoms with Crippen LogP contribution in [0.25, 0.3) is 0 Å². The van der Waals surface area contributed by atoms with Crippen LogP contribution in [-0.4, -0.2) is 212 Å². The van der Waals surface area contributed by atoms with Crippen LogP contribution in [-0.2, 0) is 54.6 Å². The van der Waals surface area contributed by atoms with Gasteiger partial charge in [0.15, 0.2) is 28.5 Å². The van der Waals surface area contributed by atoms with E-state index in [2.05, 4.69) is 56.7 Å². The molecule has 3 aliphatic heterocycles. The number of amides is 2. The van der Waals surface area contributed by atoms with E-state index in [1.54, 1.807) is 59.2 Å². The number of esters is 6. The Balaban J connectivity index is 0. The third-order valence-electron chi connectivity index (χ3n) is 15.8. The fraction of sp³-hybridized carbons (Fsp3) is 0.648. The number of rotatable bonds is 26. The van der Waals surface area contributed by atoms with Gasteiger partial charge in [0, 0.05) is 87.7 Å². The molecule has 3 saturated heterocycles. The Morgan fingerprint density at radius 2 is 0.760 bits per heavy atom. The van der Waals surface area contributed by atoms with E-state index in [9.17, 15) is 47.9 Å². The molecule has 8 rings (SSSR count). The average molecular weight is 1460 g/mol. The molecule has 0 saturated carbocycles. The number of nitrogens with one attached hydrogen (secondary N) is 2. The SMILES string of the molecule is C.C.CCCC1CCCCN1.CCCC1CCCCN1C(=O)c1cc(C(=O)O)nn1CC.CCCC1CCCCN1C(=O)c1cc(C(=O)OCC)nn1CC.CCOC(=O)c1cc(C(=O)O)n(CC)n1.CCOC(=O)c1cc(C(=O)OCC)[nH]n1.CCOC(=O)c1cc(C(=O)OCC)n(CC)n1.[Li+].[OH-]. The molecule has 32 nitrogen and oxygen atoms in total. The number of carbonyl (C=O) groups excluding carboxylic acids is 8. The van der Waals surface area contributed by atoms with Gasteiger partial charge in [0.05, 0.1) is 39.6 Å². The molecular weight excluding hydrogens is 1350 g/mol. The first kappa shape index (κ1) is 97.3. The van der Waals surface area contributed by atoms with Crippen LogP contribution in [0.4, 0.5) is 0 Å². The van der Waals surface area contributed by atoms with Gasteiger partial charge in [-0.05, 0) is 146 Å². The number of aromatic amines is 1. The van der Waals surface area contributed by atoms with Crippen molar-refractivity contribution in [2.75, 3.05) is 59.3 Å². The molecule has 8 heterocycles. The number of ether oxygens (including phenoxy) is 6. The standard InChI is InChI=1S/C17H27N3O3.C15H23N3O3.C11H16N2O4.2C9H12N2O4.C8H17N.2CH4.Li.H2O/c1-4-9-13-10-7-8-11-19(13)16(21)15-12-14(17(22)23-6-3)18-20(15)5-2;1-3-7-11-8-5-6-9-17(11)14(19)13-10-12(15(20)21)16-18(13)4-2;1-4-13-9(11(15)17-6-3)7-8(12-13)10(14)16-5-2;1-3-11-7(8(12)13)5-6(10-11)9(14)15-4-2;1-3-14-8(12)6-5-7(11-10-6)9(13)15-4-2;1-2-5-8-6-3-4-7-9-8;;;;/h12-13H,4-11H2,1-3H3;10-11H,3-9H2,1-2H3,(H,20,21);7H,4-6H2,1-3H3;5H,3-4H2,1-2H3,(H,12,13);5H,3-4H2,1-2H3,(H,10,11);8-9H,2-7H2,1H3;2*1H4;;1H2/q;;;;;;;;+1;/p-1. The molecule has 0 bridgehead atoms. The van der Waals surface area contributed by atoms with Gasteiger partial charge in [-0.15, -0.1) is 0 Å². The number of aryl methyl sites for hydroxylation is 4. The average Bonchev–Trinajstić information content (AvgIpc) is 1.62. The zero-order chi connectivity index (χ0) is 74.3. The fourth-order valence-corrected chi connectivity index (χ4v) is 11.1. The summed E-state index contributed by atoms with van der Waals surface area (Å²) in [6, 6.07) is 8.29. The van der Waals surface area contributed by atoms with Crippen molar-refractivity contribution in [1.82, 2.24) is 64.4 Å². The van der Waals surface area contributed by atoms with Gasteiger partial charge < -0.3 is 59.2 Å². The van der Waals surface area contributed by atoms with Crippen molar-refractivity contribution in [1.29, 1.82) is 0 Å². The molecule has 104 heavy (non-hydrogen) atoms. The number of hydrogen-bond donors (Lipinski definition) is 4. The minimum absolute atomic E-state index is 0. The van der Waals surface area contributed by atoms with Crippen molar-refractivity contribution in [3.05, 3.63) is 87.3 Å². The smallest absolute Gasteiger partial charge is 0.870 e. The summed E-state index contributed by atoms with van der Waals surface area (Å²) in [6.07, 6.45) is 17.6. The van der Waals surface area contributed by atoms with Crippen LogP contribution in [0.3, 0.4) is 0 Å². The van der Waals surface area contributed by atoms with Gasteiger partial charge in [-0.25, -0.2) is 38.4 Å². The molecule has 580 valence electrons. The van der Waals surface area contributed by atoms with Crippen molar-refractivity contribution in [3.63, 3.8) is 0 Å². The van der Waals surface area contributed by atoms with Gasteiger partial charge >= 0.3 is 66.6 Å². The molecule has 0 radical (unpaired) electrons. The van der Waals surface area contributed by atoms with E-state index >= 15 is 0 Å². The van der Waals surface area contributed by atoms with Crippen LogP contribution in [0.2, 0.25) is 0 Å². The number of H-pyrrole nitrogens is 1. The largest absolute Gasteiger partial charge is 1.00 e. The van der Waals surface area contributed by atoms with E-state index in [4.69, 9.17) is 38.6 Å². The maximum Gasteiger partial charge on any atom is 1.00 e. The predicted molar refractivity (Wildman–Crippen MR) is 383 cm³/mol. The van der Waals surface area contributed by atoms with Crippen LogP contribution in [0.5, 0.6) is 0 Å². The van der Waals surface area contributed by atoms with Crippen molar-refractivity contribution < 1.29 is 111 Å². The summed E-state index contributed by atoms with van der Waals surface area (Å²) in [4.78, 5) is 120. The number of aromatic nitrogens is 10. The Morgan fingerprint density at radius 1 is 0.413 bits per heavy atom. The maximum absolute atomic E-state index is 13.0. The summed E-state index contributed by atoms with van der Waals surface area (Å²) in [6.45, 7) is 30.4. The number of aromatic carboxylic acids is 2. The minimum Gasteiger partial charge on any atom is -0.870 e. The Bertz CT molecular complexity index is 3350. The minimum atomic E-state index is -1.11. The number of hydrogen-bond acceptors (Lipinski definition) is 23. The van der Waals surface area contributed by atoms with E-state index < -0.39 is 47.8 Å². The van der Waals surface area contributed by atoms with Crippen molar-refractivity contribution in [2.45, 2.75) is 245 Å². The molecule has 5 aromatic rings. The molecule has 3 aliphatic rings. The van der Waals surface area contributed by atoms with Gasteiger partial charge in [-0.2, -0.15) is 25.5 Å². The molecule has 3 atom stereocenters. The first-order valence-electron chi connectivity index (χ1n) is 35.3. The first-order valence-corrected chi connectivity index (χ1v) is 35.3. The molecular formula is C71H116LiN13O19. The van der Waals surface area contributed by atoms with Crippen molar-refractivity contribution >= 4 is 59.6 Å². The van der Waals surface area contributed by atoms with Gasteiger partial charge in [-0.1, -0.05) is 61.3 Å². The fourth-order valence-electron chi connectivity index (χ4n) is 11.1. The second-order valence-electron chi connectivity index (χ2n) is 22.8. The monoisotopic (exact) mass is 1460 g/mol. The van der Waals surface area contributed by atoms with E-state index in [1.165, 1.54) is 83.4 Å². The zero-order valence-corrected chi connectivity index (χ0v) is 62.2. The van der Waals surface area contributed by atoms with Crippen LogP contribution in [0, 0.1) is 0 Å². The van der Waals surface area contributed by atoms with Gasteiger partial charge in [0.1, 0.15) is 28.5 Å². The number of nitrogens with zero attached hydrogens (tertiary/aromatic N) is 11. The molecule has 5 N–H and O–H groups in total. The van der Waals surface area contributed by atoms with Crippen molar-refractivity contribution in [3.8, 4) is 0 Å². The van der Waals surface area contributed by atoms with Crippen molar-refractivity contribution in [2.24, 2.45) is 0 Å². The van der Waals surface area contributed by atoms with Crippen LogP contribution in [0.1, 0.15) is 306 Å². The number of carboxylic acid groups (broad SMARTS) is 2. The molecule has 0 aromatic carbocycles. The van der Waals surface area contributed by atoms with E-state index in [-0.39, 0.29) is 136 Å². The Kier molecular flexibility index (Phi) is 49.7. The van der Waals surface area contributed by atoms with Gasteiger partial charge in [0.2, 0.25) is 0 Å². The number of piperidine rings is 3. The molecule has 2 amide bonds. The first-order chi connectivity index (χ1) is 48.0. The topological polar surface area (TPSA) is 415 Å². The summed E-state index contributed by atoms with van der Waals surface area (Å²) in [7, 11) is 0. The zero-order valence-electron chi connectivity index (χ0n) is 62.2. The predicted octanol–water partition coefficient (Wildman–Crippen LogP) is 8.10. The number of likely N-dealkylation sites (tertiary alicyclic amines) is 2. The summed E-state index contributed by atoms with van der Waals surface area (Å²) >= 11 is 0. The summed E-state index contributed by atoms with van der Waals surface area (Å²) in [5, 5.41) is 43.5. The molecule has 3 unspecified atom stereocenters. The quantitative estimate of drug-likeness (QED) is 0.0231. The van der Waals surface area contributed by atoms with E-state index in [0.717, 1.165) is 76.9 Å². The molecule has 0 spiro atoms. The third kappa shape index (κ3) is 30.5. The van der Waals surface area contributed by atoms with Crippen LogP contribution in [0.15, 0.2) is 30.3 Å². The Morgan fingerprint density at radius 3 is 1.12 bits per heavy atom. The normalized spacial score (nSPS) is 14.7.